The summed E-state index contributed by atoms with van der Waals surface area (Å²) in [5, 5.41) is 2.73. The second kappa shape index (κ2) is 5.34. The van der Waals surface area contributed by atoms with Gasteiger partial charge >= 0.3 is 0 Å². The standard InChI is InChI=1S/C12H16BrNO2/c1-7-5-10(6-14-12(13)15)8(2)9(3)11(7)16-4/h5H,6H2,1-4H3,(H,14,15). The highest BCUT2D eigenvalue weighted by Gasteiger charge is 2.10. The van der Waals surface area contributed by atoms with Crippen molar-refractivity contribution >= 4 is 20.7 Å². The van der Waals surface area contributed by atoms with E-state index in [1.54, 1.807) is 7.11 Å². The van der Waals surface area contributed by atoms with E-state index in [1.165, 1.54) is 0 Å². The average Bonchev–Trinajstić information content (AvgIpc) is 2.22. The lowest BCUT2D eigenvalue weighted by Crippen LogP contribution is -2.16. The van der Waals surface area contributed by atoms with Crippen LogP contribution in [0.2, 0.25) is 0 Å². The van der Waals surface area contributed by atoms with Gasteiger partial charge in [0.1, 0.15) is 5.75 Å². The third-order valence-corrected chi connectivity index (χ3v) is 3.04. The summed E-state index contributed by atoms with van der Waals surface area (Å²) in [6, 6.07) is 2.05. The van der Waals surface area contributed by atoms with Gasteiger partial charge in [-0.25, -0.2) is 0 Å². The van der Waals surface area contributed by atoms with E-state index in [1.807, 2.05) is 26.8 Å². The fourth-order valence-electron chi connectivity index (χ4n) is 1.80. The summed E-state index contributed by atoms with van der Waals surface area (Å²) in [6.45, 7) is 6.60. The van der Waals surface area contributed by atoms with Gasteiger partial charge in [0.25, 0.3) is 4.82 Å². The van der Waals surface area contributed by atoms with E-state index < -0.39 is 0 Å². The quantitative estimate of drug-likeness (QED) is 0.684. The molecule has 0 unspecified atom stereocenters. The largest absolute Gasteiger partial charge is 0.496 e. The van der Waals surface area contributed by atoms with Gasteiger partial charge in [0, 0.05) is 22.5 Å². The first kappa shape index (κ1) is 13.0. The molecule has 0 atom stereocenters. The Balaban J connectivity index is 3.08. The van der Waals surface area contributed by atoms with Crippen LogP contribution in [0.5, 0.6) is 5.75 Å². The molecule has 1 aromatic rings. The maximum atomic E-state index is 10.8. The van der Waals surface area contributed by atoms with Gasteiger partial charge in [-0.05, 0) is 43.0 Å². The third-order valence-electron chi connectivity index (χ3n) is 2.76. The van der Waals surface area contributed by atoms with Gasteiger partial charge < -0.3 is 10.1 Å². The molecule has 0 saturated heterocycles. The minimum Gasteiger partial charge on any atom is -0.496 e. The van der Waals surface area contributed by atoms with Crippen LogP contribution in [-0.4, -0.2) is 11.9 Å². The van der Waals surface area contributed by atoms with Crippen LogP contribution in [0.1, 0.15) is 22.3 Å². The van der Waals surface area contributed by atoms with Crippen LogP contribution in [0, 0.1) is 20.8 Å². The highest BCUT2D eigenvalue weighted by Crippen LogP contribution is 2.28. The number of halogens is 1. The van der Waals surface area contributed by atoms with Gasteiger partial charge in [-0.1, -0.05) is 6.07 Å². The van der Waals surface area contributed by atoms with E-state index >= 15 is 0 Å². The number of carbonyl (C=O) groups is 1. The number of nitrogens with one attached hydrogen (secondary N) is 1. The summed E-state index contributed by atoms with van der Waals surface area (Å²) in [6.07, 6.45) is 0. The molecule has 0 fully saturated rings. The molecule has 16 heavy (non-hydrogen) atoms. The van der Waals surface area contributed by atoms with Crippen molar-refractivity contribution in [3.8, 4) is 5.75 Å². The molecule has 0 aliphatic carbocycles. The smallest absolute Gasteiger partial charge is 0.287 e. The molecule has 0 heterocycles. The van der Waals surface area contributed by atoms with Crippen LogP contribution in [0.3, 0.4) is 0 Å². The van der Waals surface area contributed by atoms with Gasteiger partial charge in [0.05, 0.1) is 7.11 Å². The summed E-state index contributed by atoms with van der Waals surface area (Å²) in [5.41, 5.74) is 4.48. The Kier molecular flexibility index (Phi) is 4.35. The molecule has 0 aliphatic heterocycles. The van der Waals surface area contributed by atoms with Crippen LogP contribution in [0.4, 0.5) is 4.79 Å². The zero-order chi connectivity index (χ0) is 12.3. The Bertz CT molecular complexity index is 416. The first-order valence-electron chi connectivity index (χ1n) is 5.04. The number of ether oxygens (including phenoxy) is 1. The number of benzene rings is 1. The summed E-state index contributed by atoms with van der Waals surface area (Å²) in [5.74, 6) is 0.923. The Hall–Kier alpha value is -1.03. The van der Waals surface area contributed by atoms with Crippen molar-refractivity contribution in [3.05, 3.63) is 28.3 Å². The third kappa shape index (κ3) is 2.76. The first-order chi connectivity index (χ1) is 7.47. The fraction of sp³-hybridized carbons (Fsp3) is 0.417. The van der Waals surface area contributed by atoms with Gasteiger partial charge in [-0.3, -0.25) is 4.79 Å². The maximum Gasteiger partial charge on any atom is 0.287 e. The van der Waals surface area contributed by atoms with Crippen LogP contribution in [0.15, 0.2) is 6.07 Å². The maximum absolute atomic E-state index is 10.8. The fourth-order valence-corrected chi connectivity index (χ4v) is 1.94. The predicted octanol–water partition coefficient (Wildman–Crippen LogP) is 3.22. The number of carbonyl (C=O) groups excluding carboxylic acids is 1. The molecule has 1 aromatic carbocycles. The Morgan fingerprint density at radius 3 is 2.50 bits per heavy atom. The van der Waals surface area contributed by atoms with Gasteiger partial charge in [0.15, 0.2) is 0 Å². The van der Waals surface area contributed by atoms with Crippen molar-refractivity contribution in [1.82, 2.24) is 5.32 Å². The van der Waals surface area contributed by atoms with Crippen LogP contribution >= 0.6 is 15.9 Å². The van der Waals surface area contributed by atoms with E-state index in [0.717, 1.165) is 28.0 Å². The predicted molar refractivity (Wildman–Crippen MR) is 68.4 cm³/mol. The van der Waals surface area contributed by atoms with Crippen molar-refractivity contribution in [1.29, 1.82) is 0 Å². The van der Waals surface area contributed by atoms with E-state index in [-0.39, 0.29) is 4.82 Å². The van der Waals surface area contributed by atoms with E-state index in [2.05, 4.69) is 21.2 Å². The molecule has 1 amide bonds. The molecule has 0 spiro atoms. The molecule has 0 bridgehead atoms. The van der Waals surface area contributed by atoms with E-state index in [4.69, 9.17) is 4.74 Å². The number of rotatable bonds is 3. The molecule has 0 radical (unpaired) electrons. The second-order valence-corrected chi connectivity index (χ2v) is 4.48. The second-order valence-electron chi connectivity index (χ2n) is 3.76. The average molecular weight is 286 g/mol. The lowest BCUT2D eigenvalue weighted by Gasteiger charge is -2.15. The Labute approximate surface area is 104 Å². The Morgan fingerprint density at radius 2 is 2.00 bits per heavy atom. The SMILES string of the molecule is COc1c(C)cc(CNC(=O)Br)c(C)c1C. The minimum atomic E-state index is -0.196. The zero-order valence-electron chi connectivity index (χ0n) is 9.98. The minimum absolute atomic E-state index is 0.196. The van der Waals surface area contributed by atoms with Crippen LogP contribution < -0.4 is 10.1 Å². The molecular formula is C12H16BrNO2. The van der Waals surface area contributed by atoms with Crippen molar-refractivity contribution < 1.29 is 9.53 Å². The van der Waals surface area contributed by atoms with E-state index in [0.29, 0.717) is 6.54 Å². The monoisotopic (exact) mass is 285 g/mol. The lowest BCUT2D eigenvalue weighted by atomic mass is 9.98. The highest BCUT2D eigenvalue weighted by molar-refractivity contribution is 9.18. The summed E-state index contributed by atoms with van der Waals surface area (Å²) in [7, 11) is 1.68. The summed E-state index contributed by atoms with van der Waals surface area (Å²) >= 11 is 2.85. The number of methoxy groups -OCH3 is 1. The topological polar surface area (TPSA) is 38.3 Å². The molecule has 4 heteroatoms. The molecule has 1 rings (SSSR count). The van der Waals surface area contributed by atoms with Crippen LogP contribution in [0.25, 0.3) is 0 Å². The van der Waals surface area contributed by atoms with Crippen molar-refractivity contribution in [2.45, 2.75) is 27.3 Å². The van der Waals surface area contributed by atoms with Crippen LogP contribution in [-0.2, 0) is 6.54 Å². The Morgan fingerprint density at radius 1 is 1.38 bits per heavy atom. The number of aryl methyl sites for hydroxylation is 1. The van der Waals surface area contributed by atoms with Crippen molar-refractivity contribution in [2.75, 3.05) is 7.11 Å². The number of hydrogen-bond donors (Lipinski definition) is 1. The lowest BCUT2D eigenvalue weighted by molar-refractivity contribution is 0.261. The zero-order valence-corrected chi connectivity index (χ0v) is 11.6. The van der Waals surface area contributed by atoms with Gasteiger partial charge in [-0.2, -0.15) is 0 Å². The van der Waals surface area contributed by atoms with Crippen molar-refractivity contribution in [3.63, 3.8) is 0 Å². The highest BCUT2D eigenvalue weighted by atomic mass is 79.9. The first-order valence-corrected chi connectivity index (χ1v) is 5.83. The molecule has 88 valence electrons. The summed E-state index contributed by atoms with van der Waals surface area (Å²) in [4.78, 5) is 10.6. The van der Waals surface area contributed by atoms with E-state index in [9.17, 15) is 4.79 Å². The molecular weight excluding hydrogens is 270 g/mol. The number of amides is 1. The molecule has 0 aromatic heterocycles. The number of hydrogen-bond acceptors (Lipinski definition) is 2. The van der Waals surface area contributed by atoms with Gasteiger partial charge in [0.2, 0.25) is 0 Å². The molecule has 0 saturated carbocycles. The summed E-state index contributed by atoms with van der Waals surface area (Å²) < 4.78 is 5.34. The molecule has 1 N–H and O–H groups in total. The molecule has 0 aliphatic rings. The normalized spacial score (nSPS) is 10.1. The van der Waals surface area contributed by atoms with Crippen molar-refractivity contribution in [2.24, 2.45) is 0 Å². The molecule has 3 nitrogen and oxygen atoms in total. The van der Waals surface area contributed by atoms with Gasteiger partial charge in [-0.15, -0.1) is 0 Å².